The van der Waals surface area contributed by atoms with Crippen LogP contribution in [0.2, 0.25) is 0 Å². The van der Waals surface area contributed by atoms with Gasteiger partial charge in [-0.15, -0.1) is 0 Å². The van der Waals surface area contributed by atoms with Crippen molar-refractivity contribution in [2.75, 3.05) is 31.1 Å². The number of piperazine rings is 1. The molecule has 0 bridgehead atoms. The summed E-state index contributed by atoms with van der Waals surface area (Å²) in [4.78, 5) is 25.9. The zero-order valence-electron chi connectivity index (χ0n) is 19.7. The Labute approximate surface area is 204 Å². The summed E-state index contributed by atoms with van der Waals surface area (Å²) in [6.07, 6.45) is 0.854. The third-order valence-electron chi connectivity index (χ3n) is 6.17. The first-order valence-corrected chi connectivity index (χ1v) is 12.9. The van der Waals surface area contributed by atoms with Crippen molar-refractivity contribution in [2.45, 2.75) is 37.6 Å². The van der Waals surface area contributed by atoms with E-state index in [9.17, 15) is 18.0 Å². The van der Waals surface area contributed by atoms with Crippen LogP contribution in [0, 0.1) is 13.8 Å². The van der Waals surface area contributed by atoms with Gasteiger partial charge in [-0.3, -0.25) is 24.1 Å². The molecular weight excluding hydrogens is 470 g/mol. The van der Waals surface area contributed by atoms with Gasteiger partial charge in [0, 0.05) is 43.7 Å². The number of imide groups is 1. The van der Waals surface area contributed by atoms with Gasteiger partial charge in [-0.1, -0.05) is 23.8 Å². The molecule has 186 valence electrons. The van der Waals surface area contributed by atoms with Crippen molar-refractivity contribution in [1.29, 1.82) is 0 Å². The van der Waals surface area contributed by atoms with E-state index in [4.69, 9.17) is 4.55 Å². The third-order valence-corrected chi connectivity index (χ3v) is 7.04. The van der Waals surface area contributed by atoms with Crippen molar-refractivity contribution in [3.63, 3.8) is 0 Å². The van der Waals surface area contributed by atoms with E-state index in [1.54, 1.807) is 16.8 Å². The van der Waals surface area contributed by atoms with E-state index in [0.29, 0.717) is 12.8 Å². The number of piperidine rings is 1. The van der Waals surface area contributed by atoms with E-state index < -0.39 is 16.2 Å². The molecular formula is C24H29N5O5S. The van der Waals surface area contributed by atoms with Gasteiger partial charge in [0.15, 0.2) is 0 Å². The Morgan fingerprint density at radius 2 is 1.71 bits per heavy atom. The smallest absolute Gasteiger partial charge is 0.294 e. The van der Waals surface area contributed by atoms with Crippen molar-refractivity contribution in [3.8, 4) is 0 Å². The van der Waals surface area contributed by atoms with Crippen LogP contribution in [0.25, 0.3) is 10.9 Å². The highest BCUT2D eigenvalue weighted by atomic mass is 32.2. The molecule has 2 aliphatic heterocycles. The first-order valence-electron chi connectivity index (χ1n) is 11.5. The minimum Gasteiger partial charge on any atom is -0.368 e. The largest absolute Gasteiger partial charge is 0.368 e. The van der Waals surface area contributed by atoms with E-state index in [2.05, 4.69) is 26.7 Å². The van der Waals surface area contributed by atoms with Crippen molar-refractivity contribution >= 4 is 38.5 Å². The van der Waals surface area contributed by atoms with Gasteiger partial charge in [-0.2, -0.15) is 13.5 Å². The number of nitrogens with zero attached hydrogens (tertiary/aromatic N) is 3. The Kier molecular flexibility index (Phi) is 7.20. The van der Waals surface area contributed by atoms with Crippen LogP contribution in [0.1, 0.15) is 30.1 Å². The Morgan fingerprint density at radius 1 is 1.03 bits per heavy atom. The number of fused-ring (bicyclic) bond motifs is 1. The summed E-state index contributed by atoms with van der Waals surface area (Å²) in [5.41, 5.74) is 4.00. The predicted molar refractivity (Wildman–Crippen MR) is 132 cm³/mol. The molecule has 0 radical (unpaired) electrons. The summed E-state index contributed by atoms with van der Waals surface area (Å²) < 4.78 is 31.3. The monoisotopic (exact) mass is 499 g/mol. The highest BCUT2D eigenvalue weighted by Crippen LogP contribution is 2.33. The molecule has 2 aliphatic rings. The average molecular weight is 500 g/mol. The molecule has 10 nitrogen and oxygen atoms in total. The lowest BCUT2D eigenvalue weighted by Gasteiger charge is -2.30. The first kappa shape index (κ1) is 24.8. The fourth-order valence-corrected chi connectivity index (χ4v) is 4.87. The van der Waals surface area contributed by atoms with Crippen LogP contribution in [0.5, 0.6) is 0 Å². The number of hydrogen-bond acceptors (Lipinski definition) is 7. The molecule has 1 aromatic heterocycles. The average Bonchev–Trinajstić information content (AvgIpc) is 3.16. The van der Waals surface area contributed by atoms with E-state index >= 15 is 0 Å². The van der Waals surface area contributed by atoms with Crippen molar-refractivity contribution in [2.24, 2.45) is 0 Å². The highest BCUT2D eigenvalue weighted by Gasteiger charge is 2.31. The molecule has 11 heteroatoms. The van der Waals surface area contributed by atoms with Crippen LogP contribution in [-0.2, 0) is 19.7 Å². The SMILES string of the molecule is Cc1ccc(S(=O)(=O)O)cc1.Cc1nn(C2CCC(=O)NC2=O)c2cccc(N3CCNCC3)c12. The van der Waals surface area contributed by atoms with E-state index in [1.165, 1.54) is 17.8 Å². The number of benzene rings is 2. The normalized spacial score (nSPS) is 18.7. The van der Waals surface area contributed by atoms with Gasteiger partial charge in [-0.25, -0.2) is 0 Å². The van der Waals surface area contributed by atoms with Gasteiger partial charge < -0.3 is 10.2 Å². The lowest BCUT2D eigenvalue weighted by atomic mass is 10.1. The molecule has 2 aromatic carbocycles. The fourth-order valence-electron chi connectivity index (χ4n) is 4.39. The summed E-state index contributed by atoms with van der Waals surface area (Å²) in [5.74, 6) is -0.464. The fraction of sp³-hybridized carbons (Fsp3) is 0.375. The molecule has 0 spiro atoms. The van der Waals surface area contributed by atoms with Gasteiger partial charge >= 0.3 is 0 Å². The molecule has 5 rings (SSSR count). The number of carbonyl (C=O) groups is 2. The number of amides is 2. The quantitative estimate of drug-likeness (QED) is 0.368. The maximum Gasteiger partial charge on any atom is 0.294 e. The Bertz CT molecular complexity index is 1340. The van der Waals surface area contributed by atoms with E-state index in [-0.39, 0.29) is 16.7 Å². The minimum absolute atomic E-state index is 0.0666. The Hall–Kier alpha value is -3.28. The van der Waals surface area contributed by atoms with Crippen LogP contribution in [0.3, 0.4) is 0 Å². The van der Waals surface area contributed by atoms with Crippen LogP contribution in [0.4, 0.5) is 5.69 Å². The lowest BCUT2D eigenvalue weighted by molar-refractivity contribution is -0.135. The predicted octanol–water partition coefficient (Wildman–Crippen LogP) is 1.97. The molecule has 2 saturated heterocycles. The van der Waals surface area contributed by atoms with Crippen molar-refractivity contribution in [3.05, 3.63) is 53.7 Å². The lowest BCUT2D eigenvalue weighted by Crippen LogP contribution is -2.43. The molecule has 1 unspecified atom stereocenters. The van der Waals surface area contributed by atoms with Gasteiger partial charge in [0.2, 0.25) is 5.91 Å². The zero-order chi connectivity index (χ0) is 25.2. The van der Waals surface area contributed by atoms with E-state index in [1.807, 2.05) is 26.0 Å². The topological polar surface area (TPSA) is 134 Å². The molecule has 1 atom stereocenters. The highest BCUT2D eigenvalue weighted by molar-refractivity contribution is 7.85. The standard InChI is InChI=1S/C17H21N5O2.C7H8O3S/c1-11-16-12(21-9-7-18-8-10-21)3-2-4-13(16)22(20-11)14-5-6-15(23)19-17(14)24;1-6-2-4-7(5-3-6)11(8,9)10/h2-4,14,18H,5-10H2,1H3,(H,19,23,24);2-5H,1H3,(H,8,9,10). The number of carbonyl (C=O) groups excluding carboxylic acids is 2. The summed E-state index contributed by atoms with van der Waals surface area (Å²) in [5, 5.41) is 11.5. The van der Waals surface area contributed by atoms with Crippen LogP contribution in [-0.4, -0.2) is 60.7 Å². The molecule has 2 amide bonds. The van der Waals surface area contributed by atoms with Crippen LogP contribution >= 0.6 is 0 Å². The molecule has 0 saturated carbocycles. The molecule has 0 aliphatic carbocycles. The van der Waals surface area contributed by atoms with Crippen molar-refractivity contribution in [1.82, 2.24) is 20.4 Å². The summed E-state index contributed by atoms with van der Waals surface area (Å²) in [7, 11) is -4.02. The maximum atomic E-state index is 12.2. The molecule has 35 heavy (non-hydrogen) atoms. The van der Waals surface area contributed by atoms with Crippen LogP contribution in [0.15, 0.2) is 47.4 Å². The minimum atomic E-state index is -4.02. The summed E-state index contributed by atoms with van der Waals surface area (Å²) in [6.45, 7) is 7.68. The van der Waals surface area contributed by atoms with Gasteiger partial charge in [0.1, 0.15) is 6.04 Å². The second-order valence-electron chi connectivity index (χ2n) is 8.69. The van der Waals surface area contributed by atoms with Crippen LogP contribution < -0.4 is 15.5 Å². The maximum absolute atomic E-state index is 12.2. The Morgan fingerprint density at radius 3 is 2.34 bits per heavy atom. The second-order valence-corrected chi connectivity index (χ2v) is 10.1. The molecule has 3 heterocycles. The van der Waals surface area contributed by atoms with Gasteiger partial charge in [-0.05, 0) is 44.5 Å². The third kappa shape index (κ3) is 5.53. The number of aromatic nitrogens is 2. The second kappa shape index (κ2) is 10.1. The van der Waals surface area contributed by atoms with Crippen molar-refractivity contribution < 1.29 is 22.6 Å². The zero-order valence-corrected chi connectivity index (χ0v) is 20.5. The van der Waals surface area contributed by atoms with Gasteiger partial charge in [0.05, 0.1) is 16.1 Å². The Balaban J connectivity index is 0.000000221. The summed E-state index contributed by atoms with van der Waals surface area (Å²) in [6, 6.07) is 11.7. The number of aryl methyl sites for hydroxylation is 2. The molecule has 3 N–H and O–H groups in total. The number of hydrogen-bond donors (Lipinski definition) is 3. The summed E-state index contributed by atoms with van der Waals surface area (Å²) >= 11 is 0. The number of anilines is 1. The molecule has 2 fully saturated rings. The number of nitrogens with one attached hydrogen (secondary N) is 2. The molecule has 3 aromatic rings. The van der Waals surface area contributed by atoms with Gasteiger partial charge in [0.25, 0.3) is 16.0 Å². The van der Waals surface area contributed by atoms with E-state index in [0.717, 1.165) is 48.3 Å². The number of rotatable bonds is 3. The first-order chi connectivity index (χ1) is 16.6.